The maximum Gasteiger partial charge on any atom is 0.251 e. The number of rotatable bonds is 9. The lowest BCUT2D eigenvalue weighted by Crippen LogP contribution is -2.29. The van der Waals surface area contributed by atoms with E-state index in [4.69, 9.17) is 0 Å². The predicted molar refractivity (Wildman–Crippen MR) is 141 cm³/mol. The highest BCUT2D eigenvalue weighted by Crippen LogP contribution is 2.22. The third-order valence-corrected chi connectivity index (χ3v) is 7.50. The van der Waals surface area contributed by atoms with Crippen molar-refractivity contribution in [2.75, 3.05) is 23.7 Å². The summed E-state index contributed by atoms with van der Waals surface area (Å²) in [5.74, 6) is -0.610. The number of halogens is 1. The number of hydrogen-bond donors (Lipinski definition) is 1. The van der Waals surface area contributed by atoms with Crippen molar-refractivity contribution in [3.8, 4) is 0 Å². The summed E-state index contributed by atoms with van der Waals surface area (Å²) in [5.41, 5.74) is 3.82. The van der Waals surface area contributed by atoms with Crippen molar-refractivity contribution in [2.45, 2.75) is 38.9 Å². The van der Waals surface area contributed by atoms with Gasteiger partial charge in [-0.3, -0.25) is 14.0 Å². The predicted octanol–water partition coefficient (Wildman–Crippen LogP) is 4.71. The molecule has 0 bridgehead atoms. The Morgan fingerprint density at radius 1 is 0.917 bits per heavy atom. The van der Waals surface area contributed by atoms with Crippen LogP contribution in [0.1, 0.15) is 46.3 Å². The second-order valence-corrected chi connectivity index (χ2v) is 11.2. The number of likely N-dealkylation sites (tertiary alicyclic amines) is 1. The molecule has 8 heteroatoms. The molecule has 1 fully saturated rings. The lowest BCUT2D eigenvalue weighted by Gasteiger charge is -2.26. The van der Waals surface area contributed by atoms with E-state index < -0.39 is 10.0 Å². The molecule has 1 amide bonds. The van der Waals surface area contributed by atoms with E-state index in [-0.39, 0.29) is 18.3 Å². The molecular weight excluding hydrogens is 477 g/mol. The van der Waals surface area contributed by atoms with Crippen molar-refractivity contribution in [3.63, 3.8) is 0 Å². The van der Waals surface area contributed by atoms with Crippen molar-refractivity contribution in [3.05, 3.63) is 101 Å². The number of carbonyl (C=O) groups excluding carboxylic acids is 1. The fraction of sp³-hybridized carbons (Fsp3) is 0.321. The van der Waals surface area contributed by atoms with E-state index in [1.807, 2.05) is 12.1 Å². The quantitative estimate of drug-likeness (QED) is 0.454. The Morgan fingerprint density at radius 3 is 2.25 bits per heavy atom. The van der Waals surface area contributed by atoms with Gasteiger partial charge in [-0.05, 0) is 79.0 Å². The molecule has 1 aliphatic heterocycles. The fourth-order valence-corrected chi connectivity index (χ4v) is 5.32. The van der Waals surface area contributed by atoms with Gasteiger partial charge in [-0.1, -0.05) is 42.8 Å². The Kier molecular flexibility index (Phi) is 8.38. The van der Waals surface area contributed by atoms with Crippen LogP contribution in [0.25, 0.3) is 0 Å². The smallest absolute Gasteiger partial charge is 0.251 e. The average molecular weight is 510 g/mol. The molecule has 4 rings (SSSR count). The van der Waals surface area contributed by atoms with Gasteiger partial charge in [0.1, 0.15) is 5.82 Å². The van der Waals surface area contributed by atoms with Crippen molar-refractivity contribution in [1.82, 2.24) is 10.2 Å². The van der Waals surface area contributed by atoms with Gasteiger partial charge in [0.05, 0.1) is 18.5 Å². The second kappa shape index (κ2) is 11.7. The van der Waals surface area contributed by atoms with Gasteiger partial charge < -0.3 is 5.32 Å². The maximum atomic E-state index is 13.2. The van der Waals surface area contributed by atoms with Crippen LogP contribution in [0.5, 0.6) is 0 Å². The highest BCUT2D eigenvalue weighted by atomic mass is 32.2. The molecule has 190 valence electrons. The number of nitrogens with zero attached hydrogens (tertiary/aromatic N) is 2. The van der Waals surface area contributed by atoms with Crippen LogP contribution < -0.4 is 9.62 Å². The summed E-state index contributed by atoms with van der Waals surface area (Å²) in [7, 11) is -3.59. The molecule has 0 spiro atoms. The summed E-state index contributed by atoms with van der Waals surface area (Å²) in [6.07, 6.45) is 4.94. The molecule has 6 nitrogen and oxygen atoms in total. The maximum absolute atomic E-state index is 13.2. The minimum atomic E-state index is -3.59. The number of benzene rings is 3. The third-order valence-electron chi connectivity index (χ3n) is 6.36. The minimum absolute atomic E-state index is 0.0679. The second-order valence-electron chi connectivity index (χ2n) is 9.28. The number of anilines is 1. The van der Waals surface area contributed by atoms with Crippen LogP contribution in [0.4, 0.5) is 10.1 Å². The number of nitrogens with one attached hydrogen (secondary N) is 1. The third kappa shape index (κ3) is 7.15. The Hall–Kier alpha value is -3.23. The van der Waals surface area contributed by atoms with Gasteiger partial charge in [0.15, 0.2) is 0 Å². The molecule has 1 saturated heterocycles. The molecule has 36 heavy (non-hydrogen) atoms. The molecule has 1 aliphatic rings. The molecular formula is C28H32FN3O3S. The molecule has 1 N–H and O–H groups in total. The van der Waals surface area contributed by atoms with E-state index in [1.54, 1.807) is 36.4 Å². The van der Waals surface area contributed by atoms with Gasteiger partial charge in [0, 0.05) is 18.7 Å². The van der Waals surface area contributed by atoms with Crippen LogP contribution >= 0.6 is 0 Å². The van der Waals surface area contributed by atoms with Gasteiger partial charge in [-0.25, -0.2) is 12.8 Å². The molecule has 3 aromatic carbocycles. The lowest BCUT2D eigenvalue weighted by molar-refractivity contribution is 0.0951. The SMILES string of the molecule is CS(=O)(=O)N(Cc1ccc(F)cc1)c1ccc(C(=O)NCc2cccc(CN3CCCCC3)c2)cc1. The fourth-order valence-electron chi connectivity index (χ4n) is 4.43. The molecule has 3 aromatic rings. The molecule has 0 atom stereocenters. The number of piperidine rings is 1. The van der Waals surface area contributed by atoms with Gasteiger partial charge in [-0.2, -0.15) is 0 Å². The minimum Gasteiger partial charge on any atom is -0.348 e. The normalized spacial score (nSPS) is 14.4. The van der Waals surface area contributed by atoms with Crippen LogP contribution in [0.2, 0.25) is 0 Å². The molecule has 0 aromatic heterocycles. The zero-order valence-corrected chi connectivity index (χ0v) is 21.3. The first kappa shape index (κ1) is 25.9. The van der Waals surface area contributed by atoms with E-state index in [1.165, 1.54) is 41.3 Å². The van der Waals surface area contributed by atoms with Crippen LogP contribution in [-0.2, 0) is 29.7 Å². The van der Waals surface area contributed by atoms with Crippen molar-refractivity contribution < 1.29 is 17.6 Å². The first-order valence-electron chi connectivity index (χ1n) is 12.2. The van der Waals surface area contributed by atoms with Crippen molar-refractivity contribution in [2.24, 2.45) is 0 Å². The lowest BCUT2D eigenvalue weighted by atomic mass is 10.1. The van der Waals surface area contributed by atoms with Crippen molar-refractivity contribution >= 4 is 21.6 Å². The van der Waals surface area contributed by atoms with E-state index >= 15 is 0 Å². The summed E-state index contributed by atoms with van der Waals surface area (Å²) in [5, 5.41) is 2.95. The number of amides is 1. The summed E-state index contributed by atoms with van der Waals surface area (Å²) >= 11 is 0. The summed E-state index contributed by atoms with van der Waals surface area (Å²) in [6, 6.07) is 20.4. The standard InChI is InChI=1S/C28H32FN3O3S/c1-36(34,35)32(21-22-8-12-26(29)13-9-22)27-14-10-25(11-15-27)28(33)30-19-23-6-5-7-24(18-23)20-31-16-3-2-4-17-31/h5-15,18H,2-4,16-17,19-21H2,1H3,(H,30,33). The summed E-state index contributed by atoms with van der Waals surface area (Å²) in [6.45, 7) is 3.68. The van der Waals surface area contributed by atoms with E-state index in [0.29, 0.717) is 23.4 Å². The molecule has 1 heterocycles. The first-order valence-corrected chi connectivity index (χ1v) is 14.0. The molecule has 0 saturated carbocycles. The highest BCUT2D eigenvalue weighted by Gasteiger charge is 2.19. The van der Waals surface area contributed by atoms with Gasteiger partial charge in [-0.15, -0.1) is 0 Å². The van der Waals surface area contributed by atoms with Crippen LogP contribution in [-0.4, -0.2) is 38.6 Å². The Morgan fingerprint density at radius 2 is 1.58 bits per heavy atom. The summed E-state index contributed by atoms with van der Waals surface area (Å²) < 4.78 is 39.3. The van der Waals surface area contributed by atoms with Crippen LogP contribution in [0.15, 0.2) is 72.8 Å². The van der Waals surface area contributed by atoms with Crippen LogP contribution in [0, 0.1) is 5.82 Å². The van der Waals surface area contributed by atoms with E-state index in [9.17, 15) is 17.6 Å². The van der Waals surface area contributed by atoms with E-state index in [2.05, 4.69) is 22.3 Å². The average Bonchev–Trinajstić information content (AvgIpc) is 2.87. The topological polar surface area (TPSA) is 69.7 Å². The Bertz CT molecular complexity index is 1270. The molecule has 0 aliphatic carbocycles. The van der Waals surface area contributed by atoms with Crippen LogP contribution in [0.3, 0.4) is 0 Å². The van der Waals surface area contributed by atoms with Gasteiger partial charge in [0.25, 0.3) is 5.91 Å². The molecule has 0 unspecified atom stereocenters. The zero-order valence-electron chi connectivity index (χ0n) is 20.5. The monoisotopic (exact) mass is 509 g/mol. The molecule has 0 radical (unpaired) electrons. The number of sulfonamides is 1. The van der Waals surface area contributed by atoms with E-state index in [0.717, 1.165) is 31.5 Å². The highest BCUT2D eigenvalue weighted by molar-refractivity contribution is 7.92. The largest absolute Gasteiger partial charge is 0.348 e. The number of hydrogen-bond acceptors (Lipinski definition) is 4. The van der Waals surface area contributed by atoms with Crippen molar-refractivity contribution in [1.29, 1.82) is 0 Å². The Labute approximate surface area is 212 Å². The zero-order chi connectivity index (χ0) is 25.5. The van der Waals surface area contributed by atoms with Gasteiger partial charge >= 0.3 is 0 Å². The Balaban J connectivity index is 1.38. The summed E-state index contributed by atoms with van der Waals surface area (Å²) in [4.78, 5) is 15.2. The van der Waals surface area contributed by atoms with Gasteiger partial charge in [0.2, 0.25) is 10.0 Å². The first-order chi connectivity index (χ1) is 17.3. The number of carbonyl (C=O) groups is 1.